The van der Waals surface area contributed by atoms with Gasteiger partial charge in [-0.3, -0.25) is 4.79 Å². The summed E-state index contributed by atoms with van der Waals surface area (Å²) in [5, 5.41) is 2.92. The van der Waals surface area contributed by atoms with Crippen molar-refractivity contribution < 1.29 is 23.7 Å². The van der Waals surface area contributed by atoms with Gasteiger partial charge in [-0.1, -0.05) is 6.07 Å². The molecule has 2 aromatic carbocycles. The molecule has 1 N–H and O–H groups in total. The van der Waals surface area contributed by atoms with Gasteiger partial charge in [-0.05, 0) is 49.8 Å². The maximum Gasteiger partial charge on any atom is 0.244 e. The summed E-state index contributed by atoms with van der Waals surface area (Å²) in [6.45, 7) is 6.02. The Labute approximate surface area is 170 Å². The van der Waals surface area contributed by atoms with Gasteiger partial charge < -0.3 is 24.3 Å². The molecule has 6 nitrogen and oxygen atoms in total. The van der Waals surface area contributed by atoms with E-state index in [1.165, 1.54) is 6.08 Å². The topological polar surface area (TPSA) is 66.0 Å². The zero-order valence-corrected chi connectivity index (χ0v) is 16.7. The molecule has 0 radical (unpaired) electrons. The molecule has 2 aliphatic rings. The smallest absolute Gasteiger partial charge is 0.244 e. The van der Waals surface area contributed by atoms with E-state index < -0.39 is 0 Å². The molecular formula is C23H25NO5. The van der Waals surface area contributed by atoms with Crippen molar-refractivity contribution in [2.24, 2.45) is 0 Å². The minimum Gasteiger partial charge on any atom is -0.494 e. The molecule has 0 fully saturated rings. The van der Waals surface area contributed by atoms with Crippen molar-refractivity contribution in [3.05, 3.63) is 53.1 Å². The SMILES string of the molecule is CCOc1cc2c(cc1CNC(=O)/C=C/c1ccc3c(c1)OCCO3)O[C@H](C)C2. The zero-order chi connectivity index (χ0) is 20.2. The molecule has 0 saturated heterocycles. The van der Waals surface area contributed by atoms with Crippen LogP contribution >= 0.6 is 0 Å². The van der Waals surface area contributed by atoms with E-state index in [0.29, 0.717) is 32.1 Å². The summed E-state index contributed by atoms with van der Waals surface area (Å²) in [6.07, 6.45) is 4.31. The summed E-state index contributed by atoms with van der Waals surface area (Å²) in [5.74, 6) is 2.91. The van der Waals surface area contributed by atoms with Crippen LogP contribution < -0.4 is 24.3 Å². The minimum absolute atomic E-state index is 0.165. The van der Waals surface area contributed by atoms with Crippen molar-refractivity contribution in [3.63, 3.8) is 0 Å². The molecule has 6 heteroatoms. The molecule has 1 atom stereocenters. The van der Waals surface area contributed by atoms with E-state index in [2.05, 4.69) is 5.32 Å². The van der Waals surface area contributed by atoms with Crippen LogP contribution in [0.5, 0.6) is 23.0 Å². The van der Waals surface area contributed by atoms with Gasteiger partial charge in [0.05, 0.1) is 6.61 Å². The second-order valence-corrected chi connectivity index (χ2v) is 7.09. The van der Waals surface area contributed by atoms with Gasteiger partial charge in [-0.15, -0.1) is 0 Å². The number of amides is 1. The second-order valence-electron chi connectivity index (χ2n) is 7.09. The van der Waals surface area contributed by atoms with Crippen LogP contribution in [0.1, 0.15) is 30.5 Å². The lowest BCUT2D eigenvalue weighted by atomic mass is 10.1. The van der Waals surface area contributed by atoms with Crippen LogP contribution in [0.3, 0.4) is 0 Å². The highest BCUT2D eigenvalue weighted by atomic mass is 16.6. The van der Waals surface area contributed by atoms with Gasteiger partial charge in [0.1, 0.15) is 30.8 Å². The first-order valence-electron chi connectivity index (χ1n) is 9.93. The number of carbonyl (C=O) groups excluding carboxylic acids is 1. The number of rotatable bonds is 6. The number of ether oxygens (including phenoxy) is 4. The van der Waals surface area contributed by atoms with Gasteiger partial charge in [-0.25, -0.2) is 0 Å². The Bertz CT molecular complexity index is 937. The predicted molar refractivity (Wildman–Crippen MR) is 110 cm³/mol. The first-order valence-corrected chi connectivity index (χ1v) is 9.93. The fraction of sp³-hybridized carbons (Fsp3) is 0.348. The Morgan fingerprint density at radius 1 is 1.17 bits per heavy atom. The highest BCUT2D eigenvalue weighted by Gasteiger charge is 2.22. The van der Waals surface area contributed by atoms with Crippen molar-refractivity contribution in [3.8, 4) is 23.0 Å². The van der Waals surface area contributed by atoms with Crippen molar-refractivity contribution in [1.29, 1.82) is 0 Å². The van der Waals surface area contributed by atoms with Crippen LogP contribution in [0.15, 0.2) is 36.4 Å². The Morgan fingerprint density at radius 2 is 2.00 bits per heavy atom. The minimum atomic E-state index is -0.183. The first-order chi connectivity index (χ1) is 14.1. The maximum atomic E-state index is 12.3. The van der Waals surface area contributed by atoms with Gasteiger partial charge in [0, 0.05) is 30.2 Å². The summed E-state index contributed by atoms with van der Waals surface area (Å²) in [4.78, 5) is 12.3. The van der Waals surface area contributed by atoms with Crippen molar-refractivity contribution in [2.75, 3.05) is 19.8 Å². The molecule has 0 aromatic heterocycles. The zero-order valence-electron chi connectivity index (χ0n) is 16.7. The van der Waals surface area contributed by atoms with E-state index >= 15 is 0 Å². The molecule has 0 bridgehead atoms. The van der Waals surface area contributed by atoms with E-state index in [0.717, 1.165) is 40.4 Å². The summed E-state index contributed by atoms with van der Waals surface area (Å²) in [6, 6.07) is 9.60. The van der Waals surface area contributed by atoms with Gasteiger partial charge >= 0.3 is 0 Å². The Kier molecular flexibility index (Phi) is 5.60. The highest BCUT2D eigenvalue weighted by Crippen LogP contribution is 2.35. The second kappa shape index (κ2) is 8.47. The van der Waals surface area contributed by atoms with Crippen LogP contribution in [0.4, 0.5) is 0 Å². The third-order valence-electron chi connectivity index (χ3n) is 4.83. The number of hydrogen-bond donors (Lipinski definition) is 1. The highest BCUT2D eigenvalue weighted by molar-refractivity contribution is 5.91. The molecular weight excluding hydrogens is 370 g/mol. The van der Waals surface area contributed by atoms with E-state index in [-0.39, 0.29) is 12.0 Å². The van der Waals surface area contributed by atoms with Crippen molar-refractivity contribution in [1.82, 2.24) is 5.32 Å². The van der Waals surface area contributed by atoms with Crippen LogP contribution in [0, 0.1) is 0 Å². The fourth-order valence-electron chi connectivity index (χ4n) is 3.49. The Morgan fingerprint density at radius 3 is 2.83 bits per heavy atom. The molecule has 4 rings (SSSR count). The van der Waals surface area contributed by atoms with Crippen LogP contribution in [-0.2, 0) is 17.8 Å². The summed E-state index contributed by atoms with van der Waals surface area (Å²) < 4.78 is 22.7. The van der Waals surface area contributed by atoms with Crippen molar-refractivity contribution >= 4 is 12.0 Å². The molecule has 0 spiro atoms. The van der Waals surface area contributed by atoms with E-state index in [4.69, 9.17) is 18.9 Å². The van der Waals surface area contributed by atoms with Crippen LogP contribution in [0.25, 0.3) is 6.08 Å². The molecule has 2 aromatic rings. The predicted octanol–water partition coefficient (Wildman–Crippen LogP) is 3.51. The largest absolute Gasteiger partial charge is 0.494 e. The average molecular weight is 395 g/mol. The first kappa shape index (κ1) is 19.2. The summed E-state index contributed by atoms with van der Waals surface area (Å²) >= 11 is 0. The number of hydrogen-bond acceptors (Lipinski definition) is 5. The number of fused-ring (bicyclic) bond motifs is 2. The van der Waals surface area contributed by atoms with Gasteiger partial charge in [-0.2, -0.15) is 0 Å². The monoisotopic (exact) mass is 395 g/mol. The number of carbonyl (C=O) groups is 1. The molecule has 29 heavy (non-hydrogen) atoms. The fourth-order valence-corrected chi connectivity index (χ4v) is 3.49. The lowest BCUT2D eigenvalue weighted by Gasteiger charge is -2.18. The molecule has 0 aliphatic carbocycles. The van der Waals surface area contributed by atoms with Gasteiger partial charge in [0.25, 0.3) is 0 Å². The number of benzene rings is 2. The lowest BCUT2D eigenvalue weighted by molar-refractivity contribution is -0.116. The third-order valence-corrected chi connectivity index (χ3v) is 4.83. The molecule has 152 valence electrons. The molecule has 0 saturated carbocycles. The summed E-state index contributed by atoms with van der Waals surface area (Å²) in [5.41, 5.74) is 2.93. The lowest BCUT2D eigenvalue weighted by Crippen LogP contribution is -2.20. The molecule has 0 unspecified atom stereocenters. The van der Waals surface area contributed by atoms with E-state index in [1.54, 1.807) is 6.08 Å². The van der Waals surface area contributed by atoms with Gasteiger partial charge in [0.2, 0.25) is 5.91 Å². The Hall–Kier alpha value is -3.15. The standard InChI is InChI=1S/C23H25NO5/c1-3-26-20-12-17-10-15(2)29-21(17)13-18(20)14-24-23(25)7-5-16-4-6-19-22(11-16)28-9-8-27-19/h4-7,11-13,15H,3,8-10,14H2,1-2H3,(H,24,25)/b7-5+/t15-/m1/s1. The maximum absolute atomic E-state index is 12.3. The molecule has 1 amide bonds. The normalized spacial score (nSPS) is 17.0. The molecule has 2 heterocycles. The molecule has 2 aliphatic heterocycles. The van der Waals surface area contributed by atoms with Crippen LogP contribution in [-0.4, -0.2) is 31.8 Å². The number of nitrogens with one attached hydrogen (secondary N) is 1. The quantitative estimate of drug-likeness (QED) is 0.759. The van der Waals surface area contributed by atoms with Crippen molar-refractivity contribution in [2.45, 2.75) is 32.9 Å². The Balaban J connectivity index is 1.40. The van der Waals surface area contributed by atoms with E-state index in [9.17, 15) is 4.79 Å². The third kappa shape index (κ3) is 4.47. The summed E-state index contributed by atoms with van der Waals surface area (Å²) in [7, 11) is 0. The van der Waals surface area contributed by atoms with Gasteiger partial charge in [0.15, 0.2) is 11.5 Å². The average Bonchev–Trinajstić information content (AvgIpc) is 3.09. The van der Waals surface area contributed by atoms with E-state index in [1.807, 2.05) is 44.2 Å². The van der Waals surface area contributed by atoms with Crippen LogP contribution in [0.2, 0.25) is 0 Å².